The van der Waals surface area contributed by atoms with Gasteiger partial charge in [-0.15, -0.1) is 0 Å². The fourth-order valence-electron chi connectivity index (χ4n) is 2.96. The van der Waals surface area contributed by atoms with E-state index in [2.05, 4.69) is 0 Å². The Kier molecular flexibility index (Phi) is 4.57. The second-order valence-electron chi connectivity index (χ2n) is 6.27. The third-order valence-corrected chi connectivity index (χ3v) is 4.55. The van der Waals surface area contributed by atoms with Crippen LogP contribution >= 0.6 is 11.6 Å². The Morgan fingerprint density at radius 3 is 2.48 bits per heavy atom. The number of benzene rings is 3. The third kappa shape index (κ3) is 3.66. The number of halogens is 1. The molecule has 0 spiro atoms. The highest BCUT2D eigenvalue weighted by Gasteiger charge is 2.30. The molecule has 1 heterocycles. The Labute approximate surface area is 162 Å². The van der Waals surface area contributed by atoms with Crippen molar-refractivity contribution in [2.75, 3.05) is 10.6 Å². The highest BCUT2D eigenvalue weighted by atomic mass is 35.5. The lowest BCUT2D eigenvalue weighted by molar-refractivity contribution is -0.117. The van der Waals surface area contributed by atoms with E-state index in [0.717, 1.165) is 11.1 Å². The highest BCUT2D eigenvalue weighted by molar-refractivity contribution is 6.30. The van der Waals surface area contributed by atoms with Gasteiger partial charge in [0.05, 0.1) is 12.2 Å². The number of nitrogens with zero attached hydrogens (tertiary/aromatic N) is 1. The lowest BCUT2D eigenvalue weighted by Crippen LogP contribution is -2.36. The summed E-state index contributed by atoms with van der Waals surface area (Å²) in [6, 6.07) is 22.4. The SMILES string of the molecule is Nc1ccc2c(c1)O/C(=C/c1ccc(Cl)cc1)C(=O)N2Cc1ccccc1. The van der Waals surface area contributed by atoms with Crippen molar-refractivity contribution < 1.29 is 9.53 Å². The molecule has 0 aliphatic carbocycles. The molecule has 134 valence electrons. The Balaban J connectivity index is 1.75. The topological polar surface area (TPSA) is 55.6 Å². The van der Waals surface area contributed by atoms with Crippen LogP contribution in [0.4, 0.5) is 11.4 Å². The number of ether oxygens (including phenoxy) is 1. The van der Waals surface area contributed by atoms with Gasteiger partial charge >= 0.3 is 0 Å². The van der Waals surface area contributed by atoms with Crippen LogP contribution in [0.5, 0.6) is 5.75 Å². The summed E-state index contributed by atoms with van der Waals surface area (Å²) < 4.78 is 5.88. The molecule has 0 saturated heterocycles. The molecule has 0 fully saturated rings. The average Bonchev–Trinajstić information content (AvgIpc) is 2.67. The second-order valence-corrected chi connectivity index (χ2v) is 6.70. The molecule has 0 aromatic heterocycles. The fraction of sp³-hybridized carbons (Fsp3) is 0.0455. The predicted molar refractivity (Wildman–Crippen MR) is 109 cm³/mol. The summed E-state index contributed by atoms with van der Waals surface area (Å²) in [5.74, 6) is 0.600. The zero-order chi connectivity index (χ0) is 18.8. The van der Waals surface area contributed by atoms with E-state index in [-0.39, 0.29) is 11.7 Å². The van der Waals surface area contributed by atoms with Gasteiger partial charge < -0.3 is 10.5 Å². The van der Waals surface area contributed by atoms with E-state index in [1.165, 1.54) is 0 Å². The summed E-state index contributed by atoms with van der Waals surface area (Å²) in [7, 11) is 0. The number of amides is 1. The van der Waals surface area contributed by atoms with Crippen LogP contribution in [0.25, 0.3) is 6.08 Å². The van der Waals surface area contributed by atoms with Crippen molar-refractivity contribution in [2.24, 2.45) is 0 Å². The normalized spacial score (nSPS) is 14.8. The first kappa shape index (κ1) is 17.2. The summed E-state index contributed by atoms with van der Waals surface area (Å²) in [6.07, 6.45) is 1.71. The van der Waals surface area contributed by atoms with E-state index in [1.807, 2.05) is 48.5 Å². The number of carbonyl (C=O) groups excluding carboxylic acids is 1. The monoisotopic (exact) mass is 376 g/mol. The molecule has 1 amide bonds. The molecule has 0 radical (unpaired) electrons. The van der Waals surface area contributed by atoms with Crippen LogP contribution < -0.4 is 15.4 Å². The molecular formula is C22H17ClN2O2. The molecule has 0 bridgehead atoms. The van der Waals surface area contributed by atoms with Crippen molar-refractivity contribution >= 4 is 35.0 Å². The minimum Gasteiger partial charge on any atom is -0.449 e. The van der Waals surface area contributed by atoms with Gasteiger partial charge in [-0.2, -0.15) is 0 Å². The molecule has 1 aliphatic heterocycles. The van der Waals surface area contributed by atoms with Gasteiger partial charge in [0.25, 0.3) is 5.91 Å². The van der Waals surface area contributed by atoms with Gasteiger partial charge in [-0.25, -0.2) is 0 Å². The Hall–Kier alpha value is -3.24. The number of carbonyl (C=O) groups is 1. The molecule has 0 saturated carbocycles. The van der Waals surface area contributed by atoms with Gasteiger partial charge in [0.1, 0.15) is 0 Å². The van der Waals surface area contributed by atoms with Crippen molar-refractivity contribution in [2.45, 2.75) is 6.54 Å². The number of nitrogen functional groups attached to an aromatic ring is 1. The predicted octanol–water partition coefficient (Wildman–Crippen LogP) is 4.89. The maximum Gasteiger partial charge on any atom is 0.294 e. The van der Waals surface area contributed by atoms with Crippen LogP contribution in [0.15, 0.2) is 78.6 Å². The largest absolute Gasteiger partial charge is 0.449 e. The van der Waals surface area contributed by atoms with E-state index in [1.54, 1.807) is 35.2 Å². The smallest absolute Gasteiger partial charge is 0.294 e. The van der Waals surface area contributed by atoms with E-state index < -0.39 is 0 Å². The summed E-state index contributed by atoms with van der Waals surface area (Å²) in [6.45, 7) is 0.442. The molecule has 1 aliphatic rings. The standard InChI is InChI=1S/C22H17ClN2O2/c23-17-8-6-15(7-9-17)12-21-22(26)25(14-16-4-2-1-3-5-16)19-11-10-18(24)13-20(19)27-21/h1-13H,14,24H2/b21-12+. The van der Waals surface area contributed by atoms with Gasteiger partial charge in [0, 0.05) is 16.8 Å². The van der Waals surface area contributed by atoms with Crippen molar-refractivity contribution in [1.29, 1.82) is 0 Å². The van der Waals surface area contributed by atoms with Gasteiger partial charge in [0.15, 0.2) is 11.5 Å². The summed E-state index contributed by atoms with van der Waals surface area (Å²) >= 11 is 5.94. The molecule has 3 aromatic carbocycles. The molecule has 5 heteroatoms. The summed E-state index contributed by atoms with van der Waals surface area (Å²) in [4.78, 5) is 14.8. The number of rotatable bonds is 3. The van der Waals surface area contributed by atoms with E-state index in [4.69, 9.17) is 22.1 Å². The molecule has 3 aromatic rings. The Bertz CT molecular complexity index is 1010. The molecule has 2 N–H and O–H groups in total. The zero-order valence-electron chi connectivity index (χ0n) is 14.4. The number of fused-ring (bicyclic) bond motifs is 1. The van der Waals surface area contributed by atoms with Crippen molar-refractivity contribution in [3.8, 4) is 5.75 Å². The van der Waals surface area contributed by atoms with Crippen LogP contribution in [0.1, 0.15) is 11.1 Å². The molecular weight excluding hydrogens is 360 g/mol. The first-order valence-corrected chi connectivity index (χ1v) is 8.88. The fourth-order valence-corrected chi connectivity index (χ4v) is 3.09. The molecule has 0 atom stereocenters. The average molecular weight is 377 g/mol. The lowest BCUT2D eigenvalue weighted by Gasteiger charge is -2.31. The Morgan fingerprint density at radius 1 is 1.00 bits per heavy atom. The minimum atomic E-state index is -0.203. The van der Waals surface area contributed by atoms with Crippen molar-refractivity contribution in [3.05, 3.63) is 94.7 Å². The van der Waals surface area contributed by atoms with Crippen LogP contribution in [0.3, 0.4) is 0 Å². The minimum absolute atomic E-state index is 0.203. The quantitative estimate of drug-likeness (QED) is 0.523. The van der Waals surface area contributed by atoms with E-state index in [9.17, 15) is 4.79 Å². The van der Waals surface area contributed by atoms with Crippen LogP contribution in [-0.2, 0) is 11.3 Å². The van der Waals surface area contributed by atoms with Crippen molar-refractivity contribution in [3.63, 3.8) is 0 Å². The zero-order valence-corrected chi connectivity index (χ0v) is 15.2. The second kappa shape index (κ2) is 7.17. The number of hydrogen-bond donors (Lipinski definition) is 1. The Morgan fingerprint density at radius 2 is 1.74 bits per heavy atom. The lowest BCUT2D eigenvalue weighted by atomic mass is 10.1. The maximum atomic E-state index is 13.1. The first-order valence-electron chi connectivity index (χ1n) is 8.50. The maximum absolute atomic E-state index is 13.1. The number of anilines is 2. The molecule has 4 rings (SSSR count). The number of nitrogens with two attached hydrogens (primary N) is 1. The van der Waals surface area contributed by atoms with Gasteiger partial charge in [-0.3, -0.25) is 9.69 Å². The van der Waals surface area contributed by atoms with Crippen LogP contribution in [-0.4, -0.2) is 5.91 Å². The molecule has 27 heavy (non-hydrogen) atoms. The van der Waals surface area contributed by atoms with Crippen LogP contribution in [0, 0.1) is 0 Å². The van der Waals surface area contributed by atoms with Gasteiger partial charge in [-0.1, -0.05) is 54.1 Å². The number of hydrogen-bond acceptors (Lipinski definition) is 3. The molecule has 4 nitrogen and oxygen atoms in total. The third-order valence-electron chi connectivity index (χ3n) is 4.30. The first-order chi connectivity index (χ1) is 13.1. The summed E-state index contributed by atoms with van der Waals surface area (Å²) in [5, 5.41) is 0.636. The van der Waals surface area contributed by atoms with Gasteiger partial charge in [-0.05, 0) is 41.5 Å². The van der Waals surface area contributed by atoms with Crippen molar-refractivity contribution in [1.82, 2.24) is 0 Å². The van der Waals surface area contributed by atoms with Gasteiger partial charge in [0.2, 0.25) is 0 Å². The van der Waals surface area contributed by atoms with Crippen LogP contribution in [0.2, 0.25) is 5.02 Å². The molecule has 0 unspecified atom stereocenters. The highest BCUT2D eigenvalue weighted by Crippen LogP contribution is 2.38. The van der Waals surface area contributed by atoms with E-state index >= 15 is 0 Å². The summed E-state index contributed by atoms with van der Waals surface area (Å²) in [5.41, 5.74) is 9.05. The van der Waals surface area contributed by atoms with E-state index in [0.29, 0.717) is 28.7 Å².